The van der Waals surface area contributed by atoms with Gasteiger partial charge in [0.2, 0.25) is 0 Å². The minimum atomic E-state index is -3.31. The molecule has 0 bridgehead atoms. The monoisotopic (exact) mass is 194 g/mol. The summed E-state index contributed by atoms with van der Waals surface area (Å²) in [6.45, 7) is 1.94. The van der Waals surface area contributed by atoms with Gasteiger partial charge in [-0.05, 0) is 25.7 Å². The van der Waals surface area contributed by atoms with Gasteiger partial charge in [0.05, 0.1) is 18.5 Å². The van der Waals surface area contributed by atoms with Crippen LogP contribution in [0.1, 0.15) is 19.8 Å². The number of hydrogen-bond acceptors (Lipinski definition) is 4. The van der Waals surface area contributed by atoms with Gasteiger partial charge < -0.3 is 5.11 Å². The van der Waals surface area contributed by atoms with Crippen LogP contribution in [0.2, 0.25) is 0 Å². The van der Waals surface area contributed by atoms with E-state index in [4.69, 9.17) is 0 Å². The summed E-state index contributed by atoms with van der Waals surface area (Å²) in [4.78, 5) is 0. The third-order valence-electron chi connectivity index (χ3n) is 1.97. The van der Waals surface area contributed by atoms with Gasteiger partial charge in [-0.1, -0.05) is 0 Å². The van der Waals surface area contributed by atoms with Crippen molar-refractivity contribution in [1.29, 1.82) is 0 Å². The lowest BCUT2D eigenvalue weighted by Crippen LogP contribution is -2.42. The molecule has 1 N–H and O–H groups in total. The first-order valence-electron chi connectivity index (χ1n) is 3.85. The second-order valence-electron chi connectivity index (χ2n) is 3.76. The van der Waals surface area contributed by atoms with Crippen molar-refractivity contribution in [3.05, 3.63) is 0 Å². The van der Waals surface area contributed by atoms with Crippen molar-refractivity contribution in [3.8, 4) is 0 Å². The van der Waals surface area contributed by atoms with Gasteiger partial charge in [0, 0.05) is 0 Å². The molecule has 0 spiro atoms. The Bertz CT molecular complexity index is 247. The second kappa shape index (κ2) is 2.97. The number of aliphatic hydroxyl groups is 1. The summed E-state index contributed by atoms with van der Waals surface area (Å²) in [6, 6.07) is 0. The molecular weight excluding hydrogens is 180 g/mol. The highest BCUT2D eigenvalue weighted by Crippen LogP contribution is 2.37. The third kappa shape index (κ3) is 3.08. The van der Waals surface area contributed by atoms with E-state index < -0.39 is 15.7 Å². The summed E-state index contributed by atoms with van der Waals surface area (Å²) in [5.74, 6) is 0.190. The molecule has 0 unspecified atom stereocenters. The van der Waals surface area contributed by atoms with E-state index >= 15 is 0 Å². The van der Waals surface area contributed by atoms with Crippen LogP contribution in [0.3, 0.4) is 0 Å². The fourth-order valence-electron chi connectivity index (χ4n) is 1.52. The summed E-state index contributed by atoms with van der Waals surface area (Å²) in [6.07, 6.45) is 2.29. The van der Waals surface area contributed by atoms with Crippen LogP contribution in [0.15, 0.2) is 0 Å². The van der Waals surface area contributed by atoms with E-state index in [1.807, 2.05) is 0 Å². The zero-order valence-corrected chi connectivity index (χ0v) is 8.10. The summed E-state index contributed by atoms with van der Waals surface area (Å²) in [5.41, 5.74) is -0.606. The molecule has 4 nitrogen and oxygen atoms in total. The molecule has 0 aromatic carbocycles. The van der Waals surface area contributed by atoms with Crippen LogP contribution in [0.25, 0.3) is 0 Å². The van der Waals surface area contributed by atoms with Crippen LogP contribution in [-0.2, 0) is 14.3 Å². The van der Waals surface area contributed by atoms with E-state index in [9.17, 15) is 13.5 Å². The lowest BCUT2D eigenvalue weighted by molar-refractivity contribution is -0.0684. The maximum absolute atomic E-state index is 10.6. The highest BCUT2D eigenvalue weighted by Gasteiger charge is 2.38. The maximum Gasteiger partial charge on any atom is 0.264 e. The molecule has 0 aliphatic heterocycles. The minimum absolute atomic E-state index is 0.190. The van der Waals surface area contributed by atoms with Crippen molar-refractivity contribution in [2.75, 3.05) is 12.9 Å². The molecule has 1 aliphatic rings. The first-order valence-corrected chi connectivity index (χ1v) is 5.67. The Morgan fingerprint density at radius 1 is 1.58 bits per heavy atom. The molecule has 0 aromatic rings. The molecule has 1 saturated carbocycles. The highest BCUT2D eigenvalue weighted by atomic mass is 32.2. The molecule has 12 heavy (non-hydrogen) atoms. The van der Waals surface area contributed by atoms with Gasteiger partial charge >= 0.3 is 0 Å². The lowest BCUT2D eigenvalue weighted by Gasteiger charge is -2.40. The van der Waals surface area contributed by atoms with Crippen LogP contribution in [0.5, 0.6) is 0 Å². The first kappa shape index (κ1) is 9.95. The average Bonchev–Trinajstić information content (AvgIpc) is 1.76. The average molecular weight is 194 g/mol. The summed E-state index contributed by atoms with van der Waals surface area (Å²) in [5, 5.41) is 9.31. The minimum Gasteiger partial charge on any atom is -0.390 e. The Kier molecular flexibility index (Phi) is 2.47. The number of hydrogen-bond donors (Lipinski definition) is 1. The zero-order chi connectivity index (χ0) is 9.41. The fraction of sp³-hybridized carbons (Fsp3) is 1.00. The topological polar surface area (TPSA) is 63.6 Å². The van der Waals surface area contributed by atoms with Gasteiger partial charge in [0.25, 0.3) is 10.1 Å². The van der Waals surface area contributed by atoms with Crippen LogP contribution >= 0.6 is 0 Å². The van der Waals surface area contributed by atoms with Crippen LogP contribution in [0.4, 0.5) is 0 Å². The Balaban J connectivity index is 2.21. The summed E-state index contributed by atoms with van der Waals surface area (Å²) in [7, 11) is -3.31. The Hall–Kier alpha value is -0.130. The molecule has 0 saturated heterocycles. The first-order chi connectivity index (χ1) is 5.29. The fourth-order valence-corrected chi connectivity index (χ4v) is 1.96. The zero-order valence-electron chi connectivity index (χ0n) is 7.28. The molecule has 0 heterocycles. The second-order valence-corrected chi connectivity index (χ2v) is 5.40. The van der Waals surface area contributed by atoms with Gasteiger partial charge in [0.1, 0.15) is 0 Å². The smallest absolute Gasteiger partial charge is 0.264 e. The van der Waals surface area contributed by atoms with Crippen LogP contribution < -0.4 is 0 Å². The SMILES string of the molecule is CC1(O)CC(COS(C)(=O)=O)C1. The molecule has 1 aliphatic carbocycles. The molecule has 5 heteroatoms. The van der Waals surface area contributed by atoms with Crippen LogP contribution in [0, 0.1) is 5.92 Å². The molecule has 0 amide bonds. The van der Waals surface area contributed by atoms with E-state index in [1.54, 1.807) is 6.92 Å². The van der Waals surface area contributed by atoms with Crippen molar-refractivity contribution >= 4 is 10.1 Å². The maximum atomic E-state index is 10.6. The van der Waals surface area contributed by atoms with Gasteiger partial charge in [0.15, 0.2) is 0 Å². The summed E-state index contributed by atoms with van der Waals surface area (Å²) < 4.78 is 25.7. The molecule has 72 valence electrons. The van der Waals surface area contributed by atoms with E-state index in [-0.39, 0.29) is 12.5 Å². The third-order valence-corrected chi connectivity index (χ3v) is 2.54. The Labute approximate surface area is 72.7 Å². The van der Waals surface area contributed by atoms with E-state index in [0.717, 1.165) is 6.26 Å². The van der Waals surface area contributed by atoms with Crippen molar-refractivity contribution < 1.29 is 17.7 Å². The van der Waals surface area contributed by atoms with E-state index in [2.05, 4.69) is 4.18 Å². The van der Waals surface area contributed by atoms with Gasteiger partial charge in [-0.25, -0.2) is 0 Å². The largest absolute Gasteiger partial charge is 0.390 e. The van der Waals surface area contributed by atoms with Crippen molar-refractivity contribution in [3.63, 3.8) is 0 Å². The van der Waals surface area contributed by atoms with Gasteiger partial charge in [-0.15, -0.1) is 0 Å². The summed E-state index contributed by atoms with van der Waals surface area (Å²) >= 11 is 0. The molecule has 1 rings (SSSR count). The normalized spacial score (nSPS) is 36.1. The molecule has 0 aromatic heterocycles. The van der Waals surface area contributed by atoms with Gasteiger partial charge in [-0.3, -0.25) is 4.18 Å². The molecule has 1 fully saturated rings. The van der Waals surface area contributed by atoms with Gasteiger partial charge in [-0.2, -0.15) is 8.42 Å². The Morgan fingerprint density at radius 2 is 2.08 bits per heavy atom. The predicted molar refractivity (Wildman–Crippen MR) is 44.1 cm³/mol. The van der Waals surface area contributed by atoms with Crippen molar-refractivity contribution in [2.45, 2.75) is 25.4 Å². The number of rotatable bonds is 3. The molecule has 0 atom stereocenters. The molecular formula is C7H14O4S. The van der Waals surface area contributed by atoms with Crippen molar-refractivity contribution in [2.24, 2.45) is 5.92 Å². The molecule has 0 radical (unpaired) electrons. The van der Waals surface area contributed by atoms with E-state index in [1.165, 1.54) is 0 Å². The Morgan fingerprint density at radius 3 is 2.42 bits per heavy atom. The van der Waals surface area contributed by atoms with Crippen molar-refractivity contribution in [1.82, 2.24) is 0 Å². The highest BCUT2D eigenvalue weighted by molar-refractivity contribution is 7.85. The standard InChI is InChI=1S/C7H14O4S/c1-7(8)3-6(4-7)5-11-12(2,9)10/h6,8H,3-5H2,1-2H3. The quantitative estimate of drug-likeness (QED) is 0.648. The van der Waals surface area contributed by atoms with Crippen LogP contribution in [-0.4, -0.2) is 32.0 Å². The lowest BCUT2D eigenvalue weighted by atomic mass is 9.73. The predicted octanol–water partition coefficient (Wildman–Crippen LogP) is 0.124. The van der Waals surface area contributed by atoms with E-state index in [0.29, 0.717) is 12.8 Å².